The summed E-state index contributed by atoms with van der Waals surface area (Å²) in [6, 6.07) is 0. The summed E-state index contributed by atoms with van der Waals surface area (Å²) in [6.07, 6.45) is 18.1. The van der Waals surface area contributed by atoms with E-state index in [0.717, 1.165) is 45.3 Å². The summed E-state index contributed by atoms with van der Waals surface area (Å²) in [7, 11) is 0. The van der Waals surface area contributed by atoms with Crippen molar-refractivity contribution in [1.82, 2.24) is 0 Å². The zero-order valence-electron chi connectivity index (χ0n) is 15.6. The zero-order chi connectivity index (χ0) is 17.0. The van der Waals surface area contributed by atoms with Gasteiger partial charge in [0.15, 0.2) is 6.29 Å². The maximum atomic E-state index is 8.68. The number of allylic oxidation sites excluding steroid dienone is 1. The van der Waals surface area contributed by atoms with Crippen molar-refractivity contribution in [2.75, 3.05) is 19.8 Å². The van der Waals surface area contributed by atoms with E-state index >= 15 is 0 Å². The van der Waals surface area contributed by atoms with Gasteiger partial charge in [0.2, 0.25) is 0 Å². The van der Waals surface area contributed by atoms with Gasteiger partial charge in [0.25, 0.3) is 0 Å². The van der Waals surface area contributed by atoms with E-state index in [0.29, 0.717) is 0 Å². The molecule has 0 fully saturated rings. The normalized spacial score (nSPS) is 11.8. The van der Waals surface area contributed by atoms with Gasteiger partial charge in [-0.05, 0) is 44.9 Å². The van der Waals surface area contributed by atoms with E-state index in [1.807, 2.05) is 0 Å². The number of aliphatic hydroxyl groups is 1. The topological polar surface area (TPSA) is 38.7 Å². The molecule has 138 valence electrons. The summed E-state index contributed by atoms with van der Waals surface area (Å²) in [5.74, 6) is 0. The van der Waals surface area contributed by atoms with Gasteiger partial charge in [-0.15, -0.1) is 0 Å². The Bertz CT molecular complexity index is 231. The van der Waals surface area contributed by atoms with Gasteiger partial charge >= 0.3 is 0 Å². The van der Waals surface area contributed by atoms with E-state index in [2.05, 4.69) is 26.0 Å². The summed E-state index contributed by atoms with van der Waals surface area (Å²) in [6.45, 7) is 6.30. The Kier molecular flexibility index (Phi) is 19.3. The summed E-state index contributed by atoms with van der Waals surface area (Å²) in [5.41, 5.74) is 0. The van der Waals surface area contributed by atoms with Crippen LogP contribution in [0.3, 0.4) is 0 Å². The Balaban J connectivity index is 3.55. The number of hydrogen-bond acceptors (Lipinski definition) is 3. The number of unbranched alkanes of at least 4 members (excludes halogenated alkanes) is 7. The van der Waals surface area contributed by atoms with Gasteiger partial charge in [0.1, 0.15) is 0 Å². The molecule has 0 bridgehead atoms. The van der Waals surface area contributed by atoms with Crippen molar-refractivity contribution in [2.24, 2.45) is 0 Å². The second-order valence-electron chi connectivity index (χ2n) is 6.21. The van der Waals surface area contributed by atoms with Gasteiger partial charge < -0.3 is 14.6 Å². The molecule has 0 radical (unpaired) electrons. The van der Waals surface area contributed by atoms with Crippen molar-refractivity contribution in [3.63, 3.8) is 0 Å². The average molecular weight is 329 g/mol. The largest absolute Gasteiger partial charge is 0.396 e. The van der Waals surface area contributed by atoms with E-state index in [9.17, 15) is 0 Å². The molecule has 0 spiro atoms. The summed E-state index contributed by atoms with van der Waals surface area (Å²) >= 11 is 0. The lowest BCUT2D eigenvalue weighted by Gasteiger charge is -2.18. The second-order valence-corrected chi connectivity index (χ2v) is 6.21. The molecule has 0 aromatic heterocycles. The zero-order valence-corrected chi connectivity index (χ0v) is 15.6. The number of hydrogen-bond donors (Lipinski definition) is 1. The van der Waals surface area contributed by atoms with E-state index < -0.39 is 0 Å². The van der Waals surface area contributed by atoms with Gasteiger partial charge in [-0.3, -0.25) is 0 Å². The first-order valence-corrected chi connectivity index (χ1v) is 9.84. The van der Waals surface area contributed by atoms with Gasteiger partial charge in [0.05, 0.1) is 0 Å². The summed E-state index contributed by atoms with van der Waals surface area (Å²) < 4.78 is 11.7. The molecule has 23 heavy (non-hydrogen) atoms. The van der Waals surface area contributed by atoms with Crippen molar-refractivity contribution in [3.05, 3.63) is 12.2 Å². The van der Waals surface area contributed by atoms with Crippen LogP contribution in [0.4, 0.5) is 0 Å². The third-order valence-electron chi connectivity index (χ3n) is 3.88. The van der Waals surface area contributed by atoms with Crippen molar-refractivity contribution in [3.8, 4) is 0 Å². The van der Waals surface area contributed by atoms with Gasteiger partial charge in [-0.2, -0.15) is 0 Å². The molecule has 1 N–H and O–H groups in total. The van der Waals surface area contributed by atoms with Crippen molar-refractivity contribution in [2.45, 2.75) is 97.2 Å². The molecule has 0 aliphatic rings. The van der Waals surface area contributed by atoms with Gasteiger partial charge in [-0.1, -0.05) is 58.1 Å². The van der Waals surface area contributed by atoms with E-state index in [1.54, 1.807) is 0 Å². The Morgan fingerprint density at radius 3 is 1.91 bits per heavy atom. The molecule has 0 saturated heterocycles. The Labute approximate surface area is 144 Å². The van der Waals surface area contributed by atoms with E-state index in [1.165, 1.54) is 44.9 Å². The fraction of sp³-hybridized carbons (Fsp3) is 0.900. The lowest BCUT2D eigenvalue weighted by atomic mass is 10.1. The Morgan fingerprint density at radius 1 is 0.739 bits per heavy atom. The first kappa shape index (κ1) is 22.6. The van der Waals surface area contributed by atoms with Crippen LogP contribution in [0.5, 0.6) is 0 Å². The third kappa shape index (κ3) is 17.8. The molecule has 3 nitrogen and oxygen atoms in total. The molecule has 0 aliphatic carbocycles. The quantitative estimate of drug-likeness (QED) is 0.202. The highest BCUT2D eigenvalue weighted by Crippen LogP contribution is 2.13. The smallest absolute Gasteiger partial charge is 0.157 e. The molecule has 0 rings (SSSR count). The second kappa shape index (κ2) is 19.7. The van der Waals surface area contributed by atoms with Gasteiger partial charge in [0, 0.05) is 19.8 Å². The van der Waals surface area contributed by atoms with Crippen LogP contribution < -0.4 is 0 Å². The molecule has 0 amide bonds. The molecule has 0 heterocycles. The SMILES string of the molecule is CCCCOC(CCCCCCC/C=C\CCO)OCCCC. The number of ether oxygens (including phenoxy) is 2. The third-order valence-corrected chi connectivity index (χ3v) is 3.88. The Morgan fingerprint density at radius 2 is 1.30 bits per heavy atom. The minimum absolute atomic E-state index is 0.00881. The van der Waals surface area contributed by atoms with Crippen LogP contribution >= 0.6 is 0 Å². The van der Waals surface area contributed by atoms with Crippen LogP contribution in [0.2, 0.25) is 0 Å². The van der Waals surface area contributed by atoms with Crippen LogP contribution in [0.15, 0.2) is 12.2 Å². The predicted octanol–water partition coefficient (Wildman–Crippen LogP) is 5.62. The maximum Gasteiger partial charge on any atom is 0.157 e. The first-order valence-electron chi connectivity index (χ1n) is 9.84. The molecule has 0 aromatic carbocycles. The molecular weight excluding hydrogens is 288 g/mol. The molecule has 0 unspecified atom stereocenters. The maximum absolute atomic E-state index is 8.68. The molecule has 0 aromatic rings. The van der Waals surface area contributed by atoms with Crippen LogP contribution in [0, 0.1) is 0 Å². The summed E-state index contributed by atoms with van der Waals surface area (Å²) in [5, 5.41) is 8.68. The van der Waals surface area contributed by atoms with Gasteiger partial charge in [-0.25, -0.2) is 0 Å². The van der Waals surface area contributed by atoms with Crippen LogP contribution in [0.1, 0.15) is 90.9 Å². The predicted molar refractivity (Wildman–Crippen MR) is 98.7 cm³/mol. The van der Waals surface area contributed by atoms with Crippen LogP contribution in [-0.4, -0.2) is 31.2 Å². The number of rotatable bonds is 18. The first-order chi connectivity index (χ1) is 11.3. The van der Waals surface area contributed by atoms with Crippen molar-refractivity contribution < 1.29 is 14.6 Å². The lowest BCUT2D eigenvalue weighted by molar-refractivity contribution is -0.147. The standard InChI is InChI=1S/C20H40O3/c1-3-5-18-22-20(23-19-6-4-2)16-14-12-10-8-7-9-11-13-15-17-21/h11,13,20-21H,3-10,12,14-19H2,1-2H3/b13-11-. The highest BCUT2D eigenvalue weighted by molar-refractivity contribution is 4.80. The average Bonchev–Trinajstić information content (AvgIpc) is 2.56. The highest BCUT2D eigenvalue weighted by atomic mass is 16.7. The monoisotopic (exact) mass is 328 g/mol. The van der Waals surface area contributed by atoms with Crippen LogP contribution in [-0.2, 0) is 9.47 Å². The molecular formula is C20H40O3. The van der Waals surface area contributed by atoms with Crippen LogP contribution in [0.25, 0.3) is 0 Å². The highest BCUT2D eigenvalue weighted by Gasteiger charge is 2.08. The van der Waals surface area contributed by atoms with Crippen molar-refractivity contribution in [1.29, 1.82) is 0 Å². The lowest BCUT2D eigenvalue weighted by Crippen LogP contribution is -2.18. The van der Waals surface area contributed by atoms with E-state index in [4.69, 9.17) is 14.6 Å². The van der Waals surface area contributed by atoms with E-state index in [-0.39, 0.29) is 12.9 Å². The van der Waals surface area contributed by atoms with Crippen molar-refractivity contribution >= 4 is 0 Å². The number of aliphatic hydroxyl groups excluding tert-OH is 1. The molecule has 0 saturated carbocycles. The molecule has 0 aliphatic heterocycles. The minimum Gasteiger partial charge on any atom is -0.396 e. The fourth-order valence-corrected chi connectivity index (χ4v) is 2.35. The minimum atomic E-state index is 0.00881. The fourth-order valence-electron chi connectivity index (χ4n) is 2.35. The molecule has 3 heteroatoms. The molecule has 0 atom stereocenters. The Hall–Kier alpha value is -0.380. The summed E-state index contributed by atoms with van der Waals surface area (Å²) in [4.78, 5) is 0.